The van der Waals surface area contributed by atoms with Crippen molar-refractivity contribution < 1.29 is 18.7 Å². The topological polar surface area (TPSA) is 59.0 Å². The number of carbonyl (C=O) groups excluding carboxylic acids is 2. The van der Waals surface area contributed by atoms with Crippen LogP contribution in [-0.2, 0) is 14.3 Å². The van der Waals surface area contributed by atoms with E-state index in [0.717, 1.165) is 0 Å². The van der Waals surface area contributed by atoms with Gasteiger partial charge in [0.05, 0.1) is 18.0 Å². The fourth-order valence-corrected chi connectivity index (χ4v) is 2.63. The highest BCUT2D eigenvalue weighted by molar-refractivity contribution is 8.15. The summed E-state index contributed by atoms with van der Waals surface area (Å²) in [6, 6.07) is 6.18. The van der Waals surface area contributed by atoms with Crippen molar-refractivity contribution in [1.29, 1.82) is 0 Å². The average Bonchev–Trinajstić information content (AvgIpc) is 2.79. The maximum atomic E-state index is 13.8. The van der Waals surface area contributed by atoms with Gasteiger partial charge in [-0.05, 0) is 24.6 Å². The third-order valence-corrected chi connectivity index (χ3v) is 3.90. The molecule has 112 valence electrons. The summed E-state index contributed by atoms with van der Waals surface area (Å²) in [7, 11) is 1.66. The van der Waals surface area contributed by atoms with Gasteiger partial charge in [0.1, 0.15) is 0 Å². The molecule has 0 N–H and O–H groups in total. The van der Waals surface area contributed by atoms with Crippen molar-refractivity contribution in [3.8, 4) is 0 Å². The second-order valence-corrected chi connectivity index (χ2v) is 5.28. The fourth-order valence-electron chi connectivity index (χ4n) is 1.71. The average molecular weight is 310 g/mol. The Morgan fingerprint density at radius 2 is 2.14 bits per heavy atom. The number of rotatable bonds is 4. The predicted octanol–water partition coefficient (Wildman–Crippen LogP) is 2.45. The Kier molecular flexibility index (Phi) is 4.95. The predicted molar refractivity (Wildman–Crippen MR) is 79.2 cm³/mol. The molecule has 21 heavy (non-hydrogen) atoms. The summed E-state index contributed by atoms with van der Waals surface area (Å²) in [6.07, 6.45) is -1.79. The first-order valence-electron chi connectivity index (χ1n) is 6.41. The summed E-state index contributed by atoms with van der Waals surface area (Å²) in [5.41, 5.74) is 0.819. The van der Waals surface area contributed by atoms with Gasteiger partial charge in [-0.25, -0.2) is 14.2 Å². The van der Waals surface area contributed by atoms with Gasteiger partial charge in [-0.15, -0.1) is 0 Å². The highest BCUT2D eigenvalue weighted by Crippen LogP contribution is 2.25. The van der Waals surface area contributed by atoms with Crippen LogP contribution in [0.25, 0.3) is 0 Å². The van der Waals surface area contributed by atoms with Gasteiger partial charge in [-0.3, -0.25) is 9.69 Å². The first-order valence-corrected chi connectivity index (χ1v) is 7.40. The Labute approximate surface area is 126 Å². The van der Waals surface area contributed by atoms with E-state index in [4.69, 9.17) is 0 Å². The van der Waals surface area contributed by atoms with Crippen LogP contribution in [0.2, 0.25) is 0 Å². The minimum Gasteiger partial charge on any atom is -0.464 e. The van der Waals surface area contributed by atoms with Crippen molar-refractivity contribution in [2.24, 2.45) is 4.99 Å². The van der Waals surface area contributed by atoms with E-state index in [9.17, 15) is 14.0 Å². The maximum absolute atomic E-state index is 13.8. The molecule has 2 rings (SSSR count). The highest BCUT2D eigenvalue weighted by atomic mass is 32.2. The van der Waals surface area contributed by atoms with Crippen LogP contribution in [0, 0.1) is 0 Å². The molecule has 0 saturated carbocycles. The van der Waals surface area contributed by atoms with E-state index in [0.29, 0.717) is 16.6 Å². The quantitative estimate of drug-likeness (QED) is 0.802. The lowest BCUT2D eigenvalue weighted by Crippen LogP contribution is -2.24. The van der Waals surface area contributed by atoms with E-state index < -0.39 is 12.1 Å². The van der Waals surface area contributed by atoms with E-state index in [1.54, 1.807) is 26.1 Å². The van der Waals surface area contributed by atoms with Crippen LogP contribution in [-0.4, -0.2) is 41.4 Å². The lowest BCUT2D eigenvalue weighted by atomic mass is 10.1. The van der Waals surface area contributed by atoms with Crippen LogP contribution in [0.5, 0.6) is 0 Å². The molecule has 7 heteroatoms. The second kappa shape index (κ2) is 6.71. The van der Waals surface area contributed by atoms with Crippen molar-refractivity contribution in [2.75, 3.05) is 19.4 Å². The molecule has 1 unspecified atom stereocenters. The first kappa shape index (κ1) is 15.5. The summed E-state index contributed by atoms with van der Waals surface area (Å²) < 4.78 is 18.4. The van der Waals surface area contributed by atoms with E-state index in [-0.39, 0.29) is 18.1 Å². The lowest BCUT2D eigenvalue weighted by Gasteiger charge is -2.09. The molecule has 5 nitrogen and oxygen atoms in total. The molecule has 1 heterocycles. The van der Waals surface area contributed by atoms with Crippen molar-refractivity contribution in [2.45, 2.75) is 13.1 Å². The third-order valence-electron chi connectivity index (χ3n) is 2.89. The second-order valence-electron chi connectivity index (χ2n) is 4.34. The SMILES string of the molecule is CCOC(=O)C(F)c1ccc(N=C2SCC(=O)N2C)cc1. The number of aliphatic imine (C=N–C) groups is 1. The van der Waals surface area contributed by atoms with Crippen LogP contribution in [0.1, 0.15) is 18.7 Å². The molecular weight excluding hydrogens is 295 g/mol. The molecule has 1 fully saturated rings. The number of ether oxygens (including phenoxy) is 1. The van der Waals surface area contributed by atoms with Crippen molar-refractivity contribution >= 4 is 34.5 Å². The molecule has 0 bridgehead atoms. The summed E-state index contributed by atoms with van der Waals surface area (Å²) >= 11 is 1.35. The molecule has 0 aliphatic carbocycles. The zero-order chi connectivity index (χ0) is 15.4. The minimum absolute atomic E-state index is 0.00139. The number of esters is 1. The third kappa shape index (κ3) is 3.60. The molecule has 1 aliphatic rings. The van der Waals surface area contributed by atoms with Gasteiger partial charge in [0.15, 0.2) is 5.17 Å². The summed E-state index contributed by atoms with van der Waals surface area (Å²) in [6.45, 7) is 1.77. The van der Waals surface area contributed by atoms with Crippen LogP contribution in [0.3, 0.4) is 0 Å². The molecule has 0 spiro atoms. The summed E-state index contributed by atoms with van der Waals surface area (Å²) in [5.74, 6) is -0.516. The van der Waals surface area contributed by atoms with Crippen LogP contribution < -0.4 is 0 Å². The van der Waals surface area contributed by atoms with Gasteiger partial charge in [-0.2, -0.15) is 0 Å². The Morgan fingerprint density at radius 3 is 2.67 bits per heavy atom. The highest BCUT2D eigenvalue weighted by Gasteiger charge is 2.24. The van der Waals surface area contributed by atoms with Crippen molar-refractivity contribution in [3.63, 3.8) is 0 Å². The molecule has 1 saturated heterocycles. The van der Waals surface area contributed by atoms with E-state index >= 15 is 0 Å². The molecule has 1 aliphatic heterocycles. The molecule has 1 atom stereocenters. The van der Waals surface area contributed by atoms with Crippen LogP contribution >= 0.6 is 11.8 Å². The van der Waals surface area contributed by atoms with Gasteiger partial charge in [0.25, 0.3) is 0 Å². The Morgan fingerprint density at radius 1 is 1.48 bits per heavy atom. The van der Waals surface area contributed by atoms with Gasteiger partial charge >= 0.3 is 5.97 Å². The molecule has 0 radical (unpaired) electrons. The molecule has 1 aromatic carbocycles. The van der Waals surface area contributed by atoms with Crippen molar-refractivity contribution in [1.82, 2.24) is 4.90 Å². The number of carbonyl (C=O) groups is 2. The maximum Gasteiger partial charge on any atom is 0.345 e. The smallest absolute Gasteiger partial charge is 0.345 e. The molecular formula is C14H15FN2O3S. The van der Waals surface area contributed by atoms with E-state index in [1.807, 2.05) is 0 Å². The standard InChI is InChI=1S/C14H15FN2O3S/c1-3-20-13(19)12(15)9-4-6-10(7-5-9)16-14-17(2)11(18)8-21-14/h4-7,12H,3,8H2,1-2H3. The minimum atomic E-state index is -1.79. The number of hydrogen-bond donors (Lipinski definition) is 0. The van der Waals surface area contributed by atoms with Gasteiger partial charge in [0, 0.05) is 7.05 Å². The monoisotopic (exact) mass is 310 g/mol. The summed E-state index contributed by atoms with van der Waals surface area (Å²) in [4.78, 5) is 28.5. The zero-order valence-corrected chi connectivity index (χ0v) is 12.5. The number of thioether (sulfide) groups is 1. The Hall–Kier alpha value is -1.89. The molecule has 0 aromatic heterocycles. The number of benzene rings is 1. The number of nitrogens with zero attached hydrogens (tertiary/aromatic N) is 2. The number of halogens is 1. The first-order chi connectivity index (χ1) is 10.0. The van der Waals surface area contributed by atoms with Crippen LogP contribution in [0.15, 0.2) is 29.3 Å². The van der Waals surface area contributed by atoms with Gasteiger partial charge in [0.2, 0.25) is 12.1 Å². The van der Waals surface area contributed by atoms with Gasteiger partial charge < -0.3 is 4.74 Å². The van der Waals surface area contributed by atoms with E-state index in [2.05, 4.69) is 9.73 Å². The lowest BCUT2D eigenvalue weighted by molar-refractivity contribution is -0.149. The number of amidine groups is 1. The van der Waals surface area contributed by atoms with Crippen molar-refractivity contribution in [3.05, 3.63) is 29.8 Å². The van der Waals surface area contributed by atoms with E-state index in [1.165, 1.54) is 28.8 Å². The zero-order valence-electron chi connectivity index (χ0n) is 11.7. The Bertz CT molecular complexity index is 574. The number of hydrogen-bond acceptors (Lipinski definition) is 5. The largest absolute Gasteiger partial charge is 0.464 e. The number of amides is 1. The van der Waals surface area contributed by atoms with Gasteiger partial charge in [-0.1, -0.05) is 23.9 Å². The fraction of sp³-hybridized carbons (Fsp3) is 0.357. The summed E-state index contributed by atoms with van der Waals surface area (Å²) in [5, 5.41) is 0.606. The van der Waals surface area contributed by atoms with Crippen LogP contribution in [0.4, 0.5) is 10.1 Å². The number of alkyl halides is 1. The molecule has 1 amide bonds. The Balaban J connectivity index is 2.11. The normalized spacial score (nSPS) is 18.1. The molecule has 1 aromatic rings.